The molecular formula is C33H27ClFN3O3. The average molecular weight is 568 g/mol. The van der Waals surface area contributed by atoms with Gasteiger partial charge in [0, 0.05) is 16.9 Å². The Labute approximate surface area is 242 Å². The molecule has 1 aromatic heterocycles. The number of benzene rings is 4. The van der Waals surface area contributed by atoms with Crippen LogP contribution in [-0.4, -0.2) is 23.8 Å². The topological polar surface area (TPSA) is 64.8 Å². The van der Waals surface area contributed by atoms with Crippen molar-refractivity contribution in [1.82, 2.24) is 9.99 Å². The van der Waals surface area contributed by atoms with Crippen LogP contribution in [0.3, 0.4) is 0 Å². The van der Waals surface area contributed by atoms with Crippen LogP contribution in [0.15, 0.2) is 108 Å². The molecule has 1 N–H and O–H groups in total. The first-order chi connectivity index (χ1) is 19.9. The van der Waals surface area contributed by atoms with Crippen molar-refractivity contribution in [3.63, 3.8) is 0 Å². The van der Waals surface area contributed by atoms with E-state index < -0.39 is 0 Å². The molecule has 41 heavy (non-hydrogen) atoms. The number of nitrogens with zero attached hydrogens (tertiary/aromatic N) is 2. The molecule has 5 rings (SSSR count). The molecule has 0 fully saturated rings. The first-order valence-electron chi connectivity index (χ1n) is 12.9. The van der Waals surface area contributed by atoms with E-state index >= 15 is 0 Å². The number of hydrogen-bond acceptors (Lipinski definition) is 4. The normalized spacial score (nSPS) is 11.0. The molecule has 0 saturated carbocycles. The van der Waals surface area contributed by atoms with Gasteiger partial charge in [-0.2, -0.15) is 5.10 Å². The zero-order valence-electron chi connectivity index (χ0n) is 22.5. The van der Waals surface area contributed by atoms with Gasteiger partial charge in [-0.15, -0.1) is 0 Å². The van der Waals surface area contributed by atoms with Gasteiger partial charge in [0.1, 0.15) is 12.4 Å². The fourth-order valence-corrected chi connectivity index (χ4v) is 4.67. The van der Waals surface area contributed by atoms with Crippen molar-refractivity contribution in [2.24, 2.45) is 5.10 Å². The van der Waals surface area contributed by atoms with Crippen LogP contribution >= 0.6 is 11.6 Å². The van der Waals surface area contributed by atoms with Crippen LogP contribution in [0.25, 0.3) is 16.9 Å². The van der Waals surface area contributed by atoms with Gasteiger partial charge in [0.25, 0.3) is 5.91 Å². The molecule has 0 unspecified atom stereocenters. The maximum Gasteiger partial charge on any atom is 0.271 e. The molecule has 0 radical (unpaired) electrons. The highest BCUT2D eigenvalue weighted by atomic mass is 35.5. The number of amides is 1. The van der Waals surface area contributed by atoms with E-state index in [4.69, 9.17) is 21.1 Å². The monoisotopic (exact) mass is 567 g/mol. The number of aromatic nitrogens is 1. The summed E-state index contributed by atoms with van der Waals surface area (Å²) in [5.74, 6) is 0.0884. The Morgan fingerprint density at radius 3 is 2.41 bits per heavy atom. The molecule has 0 aliphatic rings. The largest absolute Gasteiger partial charge is 0.493 e. The van der Waals surface area contributed by atoms with Crippen molar-refractivity contribution in [2.45, 2.75) is 13.5 Å². The van der Waals surface area contributed by atoms with Crippen LogP contribution in [-0.2, 0) is 6.61 Å². The number of methoxy groups -OCH3 is 1. The van der Waals surface area contributed by atoms with Gasteiger partial charge in [0.15, 0.2) is 11.5 Å². The van der Waals surface area contributed by atoms with Gasteiger partial charge in [-0.05, 0) is 84.3 Å². The van der Waals surface area contributed by atoms with Gasteiger partial charge in [-0.3, -0.25) is 4.79 Å². The number of halogens is 2. The highest BCUT2D eigenvalue weighted by Gasteiger charge is 2.13. The Balaban J connectivity index is 1.25. The maximum absolute atomic E-state index is 13.2. The summed E-state index contributed by atoms with van der Waals surface area (Å²) in [5, 5.41) is 4.40. The fraction of sp³-hybridized carbons (Fsp3) is 0.0909. The number of hydrazone groups is 1. The van der Waals surface area contributed by atoms with Gasteiger partial charge in [0.05, 0.1) is 24.0 Å². The maximum atomic E-state index is 13.2. The van der Waals surface area contributed by atoms with Crippen LogP contribution in [0.5, 0.6) is 11.5 Å². The third kappa shape index (κ3) is 6.48. The number of aryl methyl sites for hydroxylation is 1. The van der Waals surface area contributed by atoms with E-state index in [0.29, 0.717) is 27.6 Å². The first-order valence-corrected chi connectivity index (χ1v) is 13.2. The highest BCUT2D eigenvalue weighted by Crippen LogP contribution is 2.36. The van der Waals surface area contributed by atoms with Crippen molar-refractivity contribution < 1.29 is 18.7 Å². The lowest BCUT2D eigenvalue weighted by molar-refractivity contribution is 0.0955. The summed E-state index contributed by atoms with van der Waals surface area (Å²) < 4.78 is 26.6. The van der Waals surface area contributed by atoms with E-state index in [0.717, 1.165) is 28.2 Å². The van der Waals surface area contributed by atoms with Crippen molar-refractivity contribution in [3.05, 3.63) is 136 Å². The molecule has 6 nitrogen and oxygen atoms in total. The fourth-order valence-electron chi connectivity index (χ4n) is 4.40. The van der Waals surface area contributed by atoms with Gasteiger partial charge in [-0.1, -0.05) is 54.1 Å². The summed E-state index contributed by atoms with van der Waals surface area (Å²) in [5.41, 5.74) is 8.64. The number of hydrogen-bond donors (Lipinski definition) is 1. The van der Waals surface area contributed by atoms with Crippen LogP contribution in [0, 0.1) is 12.7 Å². The summed E-state index contributed by atoms with van der Waals surface area (Å²) in [6.45, 7) is 2.24. The minimum Gasteiger partial charge on any atom is -0.493 e. The molecule has 5 aromatic rings. The van der Waals surface area contributed by atoms with Gasteiger partial charge in [-0.25, -0.2) is 9.82 Å². The molecule has 0 aliphatic carbocycles. The van der Waals surface area contributed by atoms with E-state index in [1.54, 1.807) is 36.4 Å². The van der Waals surface area contributed by atoms with Crippen LogP contribution in [0.4, 0.5) is 4.39 Å². The Morgan fingerprint density at radius 2 is 1.71 bits per heavy atom. The van der Waals surface area contributed by atoms with Crippen LogP contribution in [0.1, 0.15) is 27.2 Å². The Hall–Kier alpha value is -4.88. The second-order valence-corrected chi connectivity index (χ2v) is 9.66. The third-order valence-electron chi connectivity index (χ3n) is 6.46. The van der Waals surface area contributed by atoms with Crippen molar-refractivity contribution in [2.75, 3.05) is 7.11 Å². The number of carbonyl (C=O) groups is 1. The van der Waals surface area contributed by atoms with Crippen LogP contribution < -0.4 is 14.9 Å². The van der Waals surface area contributed by atoms with Crippen molar-refractivity contribution >= 4 is 23.7 Å². The summed E-state index contributed by atoms with van der Waals surface area (Å²) in [7, 11) is 1.50. The molecule has 206 valence electrons. The Bertz CT molecular complexity index is 1680. The smallest absolute Gasteiger partial charge is 0.271 e. The Morgan fingerprint density at radius 1 is 0.976 bits per heavy atom. The SMILES string of the molecule is COc1cc(/C=N\NC(=O)c2ccc(-n3c(C)ccc3-c3ccccc3)cc2)cc(Cl)c1OCc1ccc(F)cc1. The summed E-state index contributed by atoms with van der Waals surface area (Å²) >= 11 is 6.44. The number of ether oxygens (including phenoxy) is 2. The van der Waals surface area contributed by atoms with E-state index in [1.165, 1.54) is 25.5 Å². The second-order valence-electron chi connectivity index (χ2n) is 9.26. The molecule has 0 aliphatic heterocycles. The number of carbonyl (C=O) groups excluding carboxylic acids is 1. The molecular weight excluding hydrogens is 541 g/mol. The lowest BCUT2D eigenvalue weighted by Gasteiger charge is -2.13. The molecule has 0 saturated heterocycles. The molecule has 0 spiro atoms. The predicted molar refractivity (Wildman–Crippen MR) is 160 cm³/mol. The molecule has 1 heterocycles. The molecule has 8 heteroatoms. The molecule has 1 amide bonds. The van der Waals surface area contributed by atoms with E-state index in [1.807, 2.05) is 37.3 Å². The van der Waals surface area contributed by atoms with Gasteiger partial charge < -0.3 is 14.0 Å². The van der Waals surface area contributed by atoms with Gasteiger partial charge >= 0.3 is 0 Å². The molecule has 4 aromatic carbocycles. The zero-order valence-corrected chi connectivity index (χ0v) is 23.2. The standard InChI is InChI=1S/C33H27ClFN3O3/c1-22-8-17-30(25-6-4-3-5-7-25)38(22)28-15-11-26(12-16-28)33(39)37-36-20-24-18-29(34)32(31(19-24)40-2)41-21-23-9-13-27(35)14-10-23/h3-20H,21H2,1-2H3,(H,37,39)/b36-20-. The summed E-state index contributed by atoms with van der Waals surface area (Å²) in [6.07, 6.45) is 1.47. The second kappa shape index (κ2) is 12.5. The highest BCUT2D eigenvalue weighted by molar-refractivity contribution is 6.32. The van der Waals surface area contributed by atoms with E-state index in [2.05, 4.69) is 39.4 Å². The lowest BCUT2D eigenvalue weighted by atomic mass is 10.1. The molecule has 0 bridgehead atoms. The van der Waals surface area contributed by atoms with E-state index in [-0.39, 0.29) is 18.3 Å². The van der Waals surface area contributed by atoms with Crippen LogP contribution in [0.2, 0.25) is 5.02 Å². The quantitative estimate of drug-likeness (QED) is 0.147. The van der Waals surface area contributed by atoms with Gasteiger partial charge in [0.2, 0.25) is 0 Å². The predicted octanol–water partition coefficient (Wildman–Crippen LogP) is 7.60. The summed E-state index contributed by atoms with van der Waals surface area (Å²) in [4.78, 5) is 12.7. The lowest BCUT2D eigenvalue weighted by Crippen LogP contribution is -2.17. The van der Waals surface area contributed by atoms with Crippen molar-refractivity contribution in [1.29, 1.82) is 0 Å². The van der Waals surface area contributed by atoms with Crippen molar-refractivity contribution in [3.8, 4) is 28.4 Å². The number of nitrogens with one attached hydrogen (secondary N) is 1. The third-order valence-corrected chi connectivity index (χ3v) is 6.74. The first kappa shape index (κ1) is 27.7. The zero-order chi connectivity index (χ0) is 28.8. The van der Waals surface area contributed by atoms with E-state index in [9.17, 15) is 9.18 Å². The average Bonchev–Trinajstić information content (AvgIpc) is 3.38. The molecule has 0 atom stereocenters. The minimum atomic E-state index is -0.349. The number of rotatable bonds is 9. The minimum absolute atomic E-state index is 0.191. The Kier molecular flexibility index (Phi) is 8.46. The summed E-state index contributed by atoms with van der Waals surface area (Å²) in [6, 6.07) is 31.0.